The first-order valence-electron chi connectivity index (χ1n) is 9.76. The fraction of sp³-hybridized carbons (Fsp3) is 0.318. The minimum atomic E-state index is -3.66. The quantitative estimate of drug-likeness (QED) is 0.652. The molecule has 6 nitrogen and oxygen atoms in total. The highest BCUT2D eigenvalue weighted by atomic mass is 32.2. The van der Waals surface area contributed by atoms with Gasteiger partial charge in [-0.3, -0.25) is 9.69 Å². The Labute approximate surface area is 172 Å². The van der Waals surface area contributed by atoms with Gasteiger partial charge in [0.15, 0.2) is 0 Å². The van der Waals surface area contributed by atoms with Crippen LogP contribution in [0.4, 0.5) is 0 Å². The van der Waals surface area contributed by atoms with Crippen molar-refractivity contribution in [1.82, 2.24) is 14.9 Å². The number of piperidine rings is 1. The first kappa shape index (κ1) is 21.2. The van der Waals surface area contributed by atoms with E-state index >= 15 is 0 Å². The first-order valence-corrected chi connectivity index (χ1v) is 11.2. The molecular weight excluding hydrogens is 386 g/mol. The molecule has 1 amide bonds. The molecule has 0 aromatic heterocycles. The van der Waals surface area contributed by atoms with Gasteiger partial charge in [0, 0.05) is 37.8 Å². The lowest BCUT2D eigenvalue weighted by molar-refractivity contribution is 0.0908. The molecular formula is C22H27N3O3S. The van der Waals surface area contributed by atoms with Gasteiger partial charge in [-0.1, -0.05) is 42.5 Å². The van der Waals surface area contributed by atoms with Gasteiger partial charge in [-0.25, -0.2) is 13.1 Å². The lowest BCUT2D eigenvalue weighted by atomic mass is 10.0. The largest absolute Gasteiger partial charge is 0.349 e. The third kappa shape index (κ3) is 6.00. The zero-order chi connectivity index (χ0) is 20.7. The summed E-state index contributed by atoms with van der Waals surface area (Å²) in [6, 6.07) is 16.5. The van der Waals surface area contributed by atoms with E-state index in [2.05, 4.69) is 33.7 Å². The molecule has 0 spiro atoms. The van der Waals surface area contributed by atoms with Crippen LogP contribution in [-0.2, 0) is 16.6 Å². The lowest BCUT2D eigenvalue weighted by Crippen LogP contribution is -2.44. The van der Waals surface area contributed by atoms with Gasteiger partial charge in [0.1, 0.15) is 0 Å². The van der Waals surface area contributed by atoms with Crippen molar-refractivity contribution >= 4 is 15.9 Å². The molecule has 0 saturated carbocycles. The van der Waals surface area contributed by atoms with E-state index in [9.17, 15) is 13.2 Å². The van der Waals surface area contributed by atoms with Crippen molar-refractivity contribution in [2.75, 3.05) is 19.6 Å². The minimum Gasteiger partial charge on any atom is -0.349 e. The van der Waals surface area contributed by atoms with Crippen LogP contribution in [0.5, 0.6) is 0 Å². The Balaban J connectivity index is 1.55. The molecule has 29 heavy (non-hydrogen) atoms. The van der Waals surface area contributed by atoms with E-state index in [1.807, 2.05) is 18.2 Å². The van der Waals surface area contributed by atoms with Crippen molar-refractivity contribution in [2.24, 2.45) is 0 Å². The summed E-state index contributed by atoms with van der Waals surface area (Å²) in [5.41, 5.74) is 1.64. The average molecular weight is 414 g/mol. The standard InChI is InChI=1S/C22H27N3O3S/c1-2-13-23-29(27,28)21-10-6-9-19(16-21)22(26)24-20-11-14-25(15-12-20)17-18-7-4-3-5-8-18/h2-10,16,20,23H,1,11-15,17H2,(H,24,26). The predicted octanol–water partition coefficient (Wildman–Crippen LogP) is 2.55. The molecule has 154 valence electrons. The monoisotopic (exact) mass is 413 g/mol. The highest BCUT2D eigenvalue weighted by Gasteiger charge is 2.22. The molecule has 0 radical (unpaired) electrons. The van der Waals surface area contributed by atoms with Crippen molar-refractivity contribution in [3.8, 4) is 0 Å². The number of sulfonamides is 1. The Bertz CT molecular complexity index is 937. The zero-order valence-corrected chi connectivity index (χ0v) is 17.2. The van der Waals surface area contributed by atoms with Crippen LogP contribution in [-0.4, -0.2) is 44.9 Å². The van der Waals surface area contributed by atoms with Gasteiger partial charge < -0.3 is 5.32 Å². The average Bonchev–Trinajstić information content (AvgIpc) is 2.74. The Morgan fingerprint density at radius 2 is 1.83 bits per heavy atom. The predicted molar refractivity (Wildman–Crippen MR) is 114 cm³/mol. The highest BCUT2D eigenvalue weighted by Crippen LogP contribution is 2.16. The fourth-order valence-electron chi connectivity index (χ4n) is 3.40. The Morgan fingerprint density at radius 3 is 2.52 bits per heavy atom. The molecule has 0 atom stereocenters. The van der Waals surface area contributed by atoms with E-state index in [0.29, 0.717) is 5.56 Å². The number of rotatable bonds is 8. The van der Waals surface area contributed by atoms with Crippen molar-refractivity contribution in [3.05, 3.63) is 78.4 Å². The van der Waals surface area contributed by atoms with Crippen molar-refractivity contribution < 1.29 is 13.2 Å². The maximum Gasteiger partial charge on any atom is 0.251 e. The van der Waals surface area contributed by atoms with Crippen LogP contribution in [0.1, 0.15) is 28.8 Å². The zero-order valence-electron chi connectivity index (χ0n) is 16.4. The van der Waals surface area contributed by atoms with Crippen LogP contribution in [0.2, 0.25) is 0 Å². The number of hydrogen-bond acceptors (Lipinski definition) is 4. The summed E-state index contributed by atoms with van der Waals surface area (Å²) in [7, 11) is -3.66. The van der Waals surface area contributed by atoms with Crippen molar-refractivity contribution in [2.45, 2.75) is 30.3 Å². The van der Waals surface area contributed by atoms with Crippen LogP contribution in [0.25, 0.3) is 0 Å². The summed E-state index contributed by atoms with van der Waals surface area (Å²) in [5, 5.41) is 3.04. The molecule has 2 N–H and O–H groups in total. The Kier molecular flexibility index (Phi) is 7.19. The van der Waals surface area contributed by atoms with Crippen LogP contribution in [0.3, 0.4) is 0 Å². The third-order valence-corrected chi connectivity index (χ3v) is 6.42. The van der Waals surface area contributed by atoms with E-state index in [1.54, 1.807) is 12.1 Å². The van der Waals surface area contributed by atoms with Gasteiger partial charge in [-0.2, -0.15) is 0 Å². The van der Waals surface area contributed by atoms with E-state index in [4.69, 9.17) is 0 Å². The van der Waals surface area contributed by atoms with Gasteiger partial charge in [0.2, 0.25) is 10.0 Å². The van der Waals surface area contributed by atoms with Gasteiger partial charge in [-0.15, -0.1) is 6.58 Å². The summed E-state index contributed by atoms with van der Waals surface area (Å²) in [4.78, 5) is 15.1. The van der Waals surface area contributed by atoms with Crippen LogP contribution in [0.15, 0.2) is 72.1 Å². The summed E-state index contributed by atoms with van der Waals surface area (Å²) in [6.07, 6.45) is 3.22. The Morgan fingerprint density at radius 1 is 1.10 bits per heavy atom. The number of benzene rings is 2. The molecule has 0 unspecified atom stereocenters. The maximum atomic E-state index is 12.6. The van der Waals surface area contributed by atoms with Gasteiger partial charge in [0.05, 0.1) is 4.90 Å². The number of hydrogen-bond donors (Lipinski definition) is 2. The summed E-state index contributed by atoms with van der Waals surface area (Å²) in [5.74, 6) is -0.243. The SMILES string of the molecule is C=CCNS(=O)(=O)c1cccc(C(=O)NC2CCN(Cc3ccccc3)CC2)c1. The number of nitrogens with zero attached hydrogens (tertiary/aromatic N) is 1. The van der Waals surface area contributed by atoms with Crippen LogP contribution >= 0.6 is 0 Å². The molecule has 1 heterocycles. The van der Waals surface area contributed by atoms with Crippen molar-refractivity contribution in [1.29, 1.82) is 0 Å². The van der Waals surface area contributed by atoms with Gasteiger partial charge >= 0.3 is 0 Å². The first-order chi connectivity index (χ1) is 14.0. The second-order valence-corrected chi connectivity index (χ2v) is 8.94. The number of amides is 1. The molecule has 1 aliphatic heterocycles. The normalized spacial score (nSPS) is 15.7. The highest BCUT2D eigenvalue weighted by molar-refractivity contribution is 7.89. The molecule has 0 bridgehead atoms. The van der Waals surface area contributed by atoms with Gasteiger partial charge in [0.25, 0.3) is 5.91 Å². The molecule has 1 saturated heterocycles. The number of carbonyl (C=O) groups excluding carboxylic acids is 1. The number of nitrogens with one attached hydrogen (secondary N) is 2. The molecule has 0 aliphatic carbocycles. The third-order valence-electron chi connectivity index (χ3n) is 5.00. The Hall–Kier alpha value is -2.48. The summed E-state index contributed by atoms with van der Waals surface area (Å²) < 4.78 is 26.9. The fourth-order valence-corrected chi connectivity index (χ4v) is 4.45. The lowest BCUT2D eigenvalue weighted by Gasteiger charge is -2.32. The number of likely N-dealkylation sites (tertiary alicyclic amines) is 1. The topological polar surface area (TPSA) is 78.5 Å². The molecule has 1 fully saturated rings. The smallest absolute Gasteiger partial charge is 0.251 e. The van der Waals surface area contributed by atoms with E-state index in [1.165, 1.54) is 23.8 Å². The van der Waals surface area contributed by atoms with Crippen LogP contribution in [0, 0.1) is 0 Å². The van der Waals surface area contributed by atoms with Gasteiger partial charge in [-0.05, 0) is 36.6 Å². The van der Waals surface area contributed by atoms with E-state index in [-0.39, 0.29) is 23.4 Å². The minimum absolute atomic E-state index is 0.0738. The second kappa shape index (κ2) is 9.82. The molecule has 2 aromatic carbocycles. The second-order valence-electron chi connectivity index (χ2n) is 7.18. The van der Waals surface area contributed by atoms with E-state index < -0.39 is 10.0 Å². The molecule has 2 aromatic rings. The maximum absolute atomic E-state index is 12.6. The molecule has 7 heteroatoms. The van der Waals surface area contributed by atoms with Crippen molar-refractivity contribution in [3.63, 3.8) is 0 Å². The summed E-state index contributed by atoms with van der Waals surface area (Å²) >= 11 is 0. The van der Waals surface area contributed by atoms with E-state index in [0.717, 1.165) is 32.5 Å². The van der Waals surface area contributed by atoms with Crippen LogP contribution < -0.4 is 10.0 Å². The summed E-state index contributed by atoms with van der Waals surface area (Å²) in [6.45, 7) is 6.39. The molecule has 1 aliphatic rings. The number of carbonyl (C=O) groups is 1. The molecule has 3 rings (SSSR count).